The molecule has 0 aromatic rings. The first-order valence-corrected chi connectivity index (χ1v) is 6.05. The molecule has 2 aliphatic heterocycles. The van der Waals surface area contributed by atoms with Gasteiger partial charge in [-0.15, -0.1) is 0 Å². The number of nitriles is 1. The van der Waals surface area contributed by atoms with Crippen LogP contribution in [0, 0.1) is 23.2 Å². The molecule has 4 heteroatoms. The Labute approximate surface area is 96.8 Å². The van der Waals surface area contributed by atoms with Crippen LogP contribution in [0.5, 0.6) is 0 Å². The third kappa shape index (κ3) is 2.53. The standard InChI is InChI=1S/C12H19N3O/c1-14-4-2-3-10(7-14)8-15-9-11(6-13)5-12(15)16/h10-11H,2-5,7-9H2,1H3. The van der Waals surface area contributed by atoms with Gasteiger partial charge in [0, 0.05) is 26.1 Å². The summed E-state index contributed by atoms with van der Waals surface area (Å²) in [6.45, 7) is 3.75. The molecule has 4 nitrogen and oxygen atoms in total. The summed E-state index contributed by atoms with van der Waals surface area (Å²) in [6.07, 6.45) is 2.87. The lowest BCUT2D eigenvalue weighted by molar-refractivity contribution is -0.128. The van der Waals surface area contributed by atoms with Crippen molar-refractivity contribution in [1.29, 1.82) is 5.26 Å². The van der Waals surface area contributed by atoms with Gasteiger partial charge in [-0.1, -0.05) is 0 Å². The molecule has 2 heterocycles. The number of piperidine rings is 1. The predicted octanol–water partition coefficient (Wildman–Crippen LogP) is 0.700. The van der Waals surface area contributed by atoms with Crippen molar-refractivity contribution in [3.05, 3.63) is 0 Å². The third-order valence-electron chi connectivity index (χ3n) is 3.60. The quantitative estimate of drug-likeness (QED) is 0.689. The number of carbonyl (C=O) groups is 1. The first-order valence-electron chi connectivity index (χ1n) is 6.05. The predicted molar refractivity (Wildman–Crippen MR) is 60.5 cm³/mol. The zero-order valence-corrected chi connectivity index (χ0v) is 9.85. The van der Waals surface area contributed by atoms with Crippen molar-refractivity contribution in [3.63, 3.8) is 0 Å². The maximum absolute atomic E-state index is 11.7. The van der Waals surface area contributed by atoms with Crippen molar-refractivity contribution in [2.75, 3.05) is 33.2 Å². The number of carbonyl (C=O) groups excluding carboxylic acids is 1. The fourth-order valence-corrected chi connectivity index (χ4v) is 2.77. The Bertz CT molecular complexity index is 310. The van der Waals surface area contributed by atoms with Crippen LogP contribution in [0.2, 0.25) is 0 Å². The molecule has 2 aliphatic rings. The lowest BCUT2D eigenvalue weighted by atomic mass is 9.98. The van der Waals surface area contributed by atoms with Crippen LogP contribution in [-0.2, 0) is 4.79 Å². The highest BCUT2D eigenvalue weighted by Gasteiger charge is 2.31. The number of hydrogen-bond acceptors (Lipinski definition) is 3. The van der Waals surface area contributed by atoms with E-state index in [-0.39, 0.29) is 11.8 Å². The SMILES string of the molecule is CN1CCCC(CN2CC(C#N)CC2=O)C1. The Morgan fingerprint density at radius 2 is 2.31 bits per heavy atom. The van der Waals surface area contributed by atoms with Gasteiger partial charge in [-0.25, -0.2) is 0 Å². The molecule has 0 spiro atoms. The summed E-state index contributed by atoms with van der Waals surface area (Å²) in [7, 11) is 2.13. The summed E-state index contributed by atoms with van der Waals surface area (Å²) in [6, 6.07) is 2.20. The smallest absolute Gasteiger partial charge is 0.224 e. The van der Waals surface area contributed by atoms with Crippen LogP contribution in [0.15, 0.2) is 0 Å². The minimum atomic E-state index is -0.0752. The number of rotatable bonds is 2. The van der Waals surface area contributed by atoms with Crippen molar-refractivity contribution < 1.29 is 4.79 Å². The third-order valence-corrected chi connectivity index (χ3v) is 3.60. The molecular formula is C12H19N3O. The van der Waals surface area contributed by atoms with E-state index >= 15 is 0 Å². The Morgan fingerprint density at radius 1 is 1.50 bits per heavy atom. The monoisotopic (exact) mass is 221 g/mol. The van der Waals surface area contributed by atoms with Gasteiger partial charge >= 0.3 is 0 Å². The van der Waals surface area contributed by atoms with Gasteiger partial charge in [-0.2, -0.15) is 5.26 Å². The zero-order valence-electron chi connectivity index (χ0n) is 9.85. The molecule has 88 valence electrons. The average Bonchev–Trinajstić information content (AvgIpc) is 2.60. The highest BCUT2D eigenvalue weighted by molar-refractivity contribution is 5.79. The van der Waals surface area contributed by atoms with Crippen molar-refractivity contribution in [3.8, 4) is 6.07 Å². The highest BCUT2D eigenvalue weighted by Crippen LogP contribution is 2.22. The molecule has 0 N–H and O–H groups in total. The maximum atomic E-state index is 11.7. The van der Waals surface area contributed by atoms with Crippen LogP contribution < -0.4 is 0 Å². The van der Waals surface area contributed by atoms with Crippen LogP contribution in [0.1, 0.15) is 19.3 Å². The fraction of sp³-hybridized carbons (Fsp3) is 0.833. The summed E-state index contributed by atoms with van der Waals surface area (Å²) < 4.78 is 0. The Hall–Kier alpha value is -1.08. The Balaban J connectivity index is 1.85. The van der Waals surface area contributed by atoms with Crippen LogP contribution in [0.3, 0.4) is 0 Å². The molecule has 0 bridgehead atoms. The zero-order chi connectivity index (χ0) is 11.5. The van der Waals surface area contributed by atoms with Crippen molar-refractivity contribution in [2.45, 2.75) is 19.3 Å². The summed E-state index contributed by atoms with van der Waals surface area (Å²) in [5, 5.41) is 8.81. The molecule has 0 aromatic carbocycles. The normalized spacial score (nSPS) is 31.8. The molecule has 0 saturated carbocycles. The Kier molecular flexibility index (Phi) is 3.45. The molecule has 0 radical (unpaired) electrons. The second-order valence-electron chi connectivity index (χ2n) is 5.10. The lowest BCUT2D eigenvalue weighted by Gasteiger charge is -2.32. The summed E-state index contributed by atoms with van der Waals surface area (Å²) in [5.74, 6) is 0.689. The molecule has 2 fully saturated rings. The van der Waals surface area contributed by atoms with E-state index in [4.69, 9.17) is 5.26 Å². The van der Waals surface area contributed by atoms with Crippen LogP contribution in [0.25, 0.3) is 0 Å². The van der Waals surface area contributed by atoms with Gasteiger partial charge in [-0.3, -0.25) is 4.79 Å². The van der Waals surface area contributed by atoms with E-state index in [0.717, 1.165) is 13.1 Å². The minimum absolute atomic E-state index is 0.0752. The number of nitrogens with zero attached hydrogens (tertiary/aromatic N) is 3. The van der Waals surface area contributed by atoms with Crippen molar-refractivity contribution in [2.24, 2.45) is 11.8 Å². The van der Waals surface area contributed by atoms with Gasteiger partial charge in [0.2, 0.25) is 5.91 Å². The first kappa shape index (κ1) is 11.4. The molecule has 0 aliphatic carbocycles. The van der Waals surface area contributed by atoms with E-state index in [0.29, 0.717) is 18.9 Å². The molecular weight excluding hydrogens is 202 g/mol. The highest BCUT2D eigenvalue weighted by atomic mass is 16.2. The largest absolute Gasteiger partial charge is 0.341 e. The van der Waals surface area contributed by atoms with E-state index in [1.54, 1.807) is 0 Å². The van der Waals surface area contributed by atoms with Crippen LogP contribution in [0.4, 0.5) is 0 Å². The van der Waals surface area contributed by atoms with Crippen LogP contribution >= 0.6 is 0 Å². The van der Waals surface area contributed by atoms with Crippen molar-refractivity contribution in [1.82, 2.24) is 9.80 Å². The second kappa shape index (κ2) is 4.84. The molecule has 2 atom stereocenters. The van der Waals surface area contributed by atoms with E-state index in [1.807, 2.05) is 4.90 Å². The van der Waals surface area contributed by atoms with Gasteiger partial charge in [-0.05, 0) is 32.4 Å². The first-order chi connectivity index (χ1) is 7.69. The van der Waals surface area contributed by atoms with E-state index < -0.39 is 0 Å². The lowest BCUT2D eigenvalue weighted by Crippen LogP contribution is -2.39. The number of likely N-dealkylation sites (tertiary alicyclic amines) is 2. The topological polar surface area (TPSA) is 47.3 Å². The summed E-state index contributed by atoms with van der Waals surface area (Å²) in [4.78, 5) is 15.9. The van der Waals surface area contributed by atoms with Crippen molar-refractivity contribution >= 4 is 5.91 Å². The van der Waals surface area contributed by atoms with E-state index in [9.17, 15) is 4.79 Å². The minimum Gasteiger partial charge on any atom is -0.341 e. The second-order valence-corrected chi connectivity index (χ2v) is 5.10. The Morgan fingerprint density at radius 3 is 2.94 bits per heavy atom. The van der Waals surface area contributed by atoms with E-state index in [1.165, 1.54) is 19.4 Å². The molecule has 1 amide bonds. The van der Waals surface area contributed by atoms with Crippen LogP contribution in [-0.4, -0.2) is 48.9 Å². The molecule has 0 aromatic heterocycles. The van der Waals surface area contributed by atoms with Gasteiger partial charge in [0.1, 0.15) is 0 Å². The van der Waals surface area contributed by atoms with Gasteiger partial charge in [0.25, 0.3) is 0 Å². The number of hydrogen-bond donors (Lipinski definition) is 0. The molecule has 16 heavy (non-hydrogen) atoms. The van der Waals surface area contributed by atoms with Gasteiger partial charge in [0.05, 0.1) is 12.0 Å². The molecule has 2 saturated heterocycles. The number of amides is 1. The summed E-state index contributed by atoms with van der Waals surface area (Å²) in [5.41, 5.74) is 0. The fourth-order valence-electron chi connectivity index (χ4n) is 2.77. The average molecular weight is 221 g/mol. The molecule has 2 unspecified atom stereocenters. The maximum Gasteiger partial charge on any atom is 0.224 e. The molecule has 2 rings (SSSR count). The van der Waals surface area contributed by atoms with Gasteiger partial charge in [0.15, 0.2) is 0 Å². The van der Waals surface area contributed by atoms with E-state index in [2.05, 4.69) is 18.0 Å². The summed E-state index contributed by atoms with van der Waals surface area (Å²) >= 11 is 0. The van der Waals surface area contributed by atoms with Gasteiger partial charge < -0.3 is 9.80 Å².